The average molecular weight is 230 g/mol. The van der Waals surface area contributed by atoms with Gasteiger partial charge in [0.1, 0.15) is 0 Å². The minimum Gasteiger partial charge on any atom is -0.382 e. The van der Waals surface area contributed by atoms with E-state index < -0.39 is 0 Å². The van der Waals surface area contributed by atoms with Gasteiger partial charge < -0.3 is 10.6 Å². The Morgan fingerprint density at radius 1 is 1.24 bits per heavy atom. The van der Waals surface area contributed by atoms with E-state index in [1.807, 2.05) is 6.20 Å². The van der Waals surface area contributed by atoms with Crippen LogP contribution in [-0.2, 0) is 0 Å². The average Bonchev–Trinajstić information content (AvgIpc) is 2.69. The van der Waals surface area contributed by atoms with Gasteiger partial charge in [0.2, 0.25) is 0 Å². The van der Waals surface area contributed by atoms with Gasteiger partial charge in [0.05, 0.1) is 11.7 Å². The molecule has 1 aromatic heterocycles. The first-order valence-corrected chi connectivity index (χ1v) is 6.33. The van der Waals surface area contributed by atoms with E-state index in [1.54, 1.807) is 0 Å². The minimum absolute atomic E-state index is 0.575. The molecular weight excluding hydrogens is 212 g/mol. The summed E-state index contributed by atoms with van der Waals surface area (Å²) in [5.74, 6) is 0. The molecule has 1 unspecified atom stereocenters. The van der Waals surface area contributed by atoms with Crippen LogP contribution in [0.4, 0.5) is 5.69 Å². The molecule has 1 saturated heterocycles. The van der Waals surface area contributed by atoms with Gasteiger partial charge in [0.15, 0.2) is 0 Å². The maximum Gasteiger partial charge on any atom is 0.0671 e. The number of rotatable bonds is 2. The smallest absolute Gasteiger partial charge is 0.0671 e. The minimum atomic E-state index is 0.575. The zero-order valence-electron chi connectivity index (χ0n) is 9.87. The first-order chi connectivity index (χ1) is 8.43. The molecule has 0 saturated carbocycles. The molecule has 0 radical (unpaired) electrons. The van der Waals surface area contributed by atoms with Crippen LogP contribution < -0.4 is 10.6 Å². The highest BCUT2D eigenvalue weighted by atomic mass is 15.1. The van der Waals surface area contributed by atoms with Gasteiger partial charge in [-0.25, -0.2) is 0 Å². The summed E-state index contributed by atoms with van der Waals surface area (Å²) >= 11 is 0. The number of aromatic nitrogens is 2. The van der Waals surface area contributed by atoms with Gasteiger partial charge in [0.25, 0.3) is 0 Å². The molecule has 2 aromatic rings. The number of aromatic amines is 1. The van der Waals surface area contributed by atoms with E-state index in [0.717, 1.165) is 18.6 Å². The molecule has 0 aliphatic carbocycles. The lowest BCUT2D eigenvalue weighted by Crippen LogP contribution is -2.21. The van der Waals surface area contributed by atoms with E-state index in [4.69, 9.17) is 0 Å². The Hall–Kier alpha value is -1.55. The lowest BCUT2D eigenvalue weighted by Gasteiger charge is -2.17. The van der Waals surface area contributed by atoms with Crippen molar-refractivity contribution < 1.29 is 0 Å². The third-order valence-corrected chi connectivity index (χ3v) is 3.42. The lowest BCUT2D eigenvalue weighted by atomic mass is 10.1. The zero-order valence-corrected chi connectivity index (χ0v) is 9.87. The van der Waals surface area contributed by atoms with Crippen molar-refractivity contribution in [2.75, 3.05) is 18.4 Å². The lowest BCUT2D eigenvalue weighted by molar-refractivity contribution is 0.638. The molecule has 4 nitrogen and oxygen atoms in total. The molecular formula is C13H18N4. The maximum atomic E-state index is 4.10. The summed E-state index contributed by atoms with van der Waals surface area (Å²) in [4.78, 5) is 0. The van der Waals surface area contributed by atoms with Crippen molar-refractivity contribution in [3.8, 4) is 0 Å². The van der Waals surface area contributed by atoms with Crippen LogP contribution in [0.1, 0.15) is 19.3 Å². The van der Waals surface area contributed by atoms with E-state index in [1.165, 1.54) is 30.3 Å². The molecule has 90 valence electrons. The van der Waals surface area contributed by atoms with Gasteiger partial charge in [-0.05, 0) is 44.5 Å². The molecule has 0 bridgehead atoms. The summed E-state index contributed by atoms with van der Waals surface area (Å²) in [7, 11) is 0. The van der Waals surface area contributed by atoms with Crippen molar-refractivity contribution in [1.29, 1.82) is 0 Å². The van der Waals surface area contributed by atoms with Crippen molar-refractivity contribution in [2.45, 2.75) is 25.3 Å². The van der Waals surface area contributed by atoms with Crippen LogP contribution in [0.5, 0.6) is 0 Å². The van der Waals surface area contributed by atoms with Crippen molar-refractivity contribution >= 4 is 16.6 Å². The first-order valence-electron chi connectivity index (χ1n) is 6.33. The van der Waals surface area contributed by atoms with Crippen LogP contribution in [0.15, 0.2) is 24.4 Å². The monoisotopic (exact) mass is 230 g/mol. The second kappa shape index (κ2) is 4.75. The standard InChI is InChI=1S/C13H18N4/c1-4-12(11-9-15-17-13(11)5-1)16-10-3-2-7-14-8-6-10/h1,4-5,9-10,14,16H,2-3,6-8H2,(H,15,17). The second-order valence-electron chi connectivity index (χ2n) is 4.66. The van der Waals surface area contributed by atoms with Gasteiger partial charge >= 0.3 is 0 Å². The molecule has 3 N–H and O–H groups in total. The van der Waals surface area contributed by atoms with E-state index in [9.17, 15) is 0 Å². The van der Waals surface area contributed by atoms with Crippen LogP contribution in [0, 0.1) is 0 Å². The summed E-state index contributed by atoms with van der Waals surface area (Å²) in [5, 5.41) is 15.4. The molecule has 0 spiro atoms. The topological polar surface area (TPSA) is 52.7 Å². The highest BCUT2D eigenvalue weighted by Crippen LogP contribution is 2.23. The van der Waals surface area contributed by atoms with Gasteiger partial charge in [-0.2, -0.15) is 5.10 Å². The van der Waals surface area contributed by atoms with Crippen LogP contribution in [0.3, 0.4) is 0 Å². The van der Waals surface area contributed by atoms with Crippen molar-refractivity contribution in [3.05, 3.63) is 24.4 Å². The van der Waals surface area contributed by atoms with Crippen molar-refractivity contribution in [3.63, 3.8) is 0 Å². The number of hydrogen-bond acceptors (Lipinski definition) is 3. The zero-order chi connectivity index (χ0) is 11.5. The predicted octanol–water partition coefficient (Wildman–Crippen LogP) is 2.12. The Kier molecular flexibility index (Phi) is 2.96. The Bertz CT molecular complexity index is 483. The molecule has 4 heteroatoms. The molecule has 0 amide bonds. The normalized spacial score (nSPS) is 21.3. The third kappa shape index (κ3) is 2.26. The number of fused-ring (bicyclic) bond motifs is 1. The van der Waals surface area contributed by atoms with Crippen LogP contribution in [-0.4, -0.2) is 29.3 Å². The van der Waals surface area contributed by atoms with Crippen LogP contribution in [0.2, 0.25) is 0 Å². The van der Waals surface area contributed by atoms with E-state index in [-0.39, 0.29) is 0 Å². The molecule has 17 heavy (non-hydrogen) atoms. The highest BCUT2D eigenvalue weighted by molar-refractivity contribution is 5.90. The fourth-order valence-corrected chi connectivity index (χ4v) is 2.48. The summed E-state index contributed by atoms with van der Waals surface area (Å²) in [6.45, 7) is 2.26. The highest BCUT2D eigenvalue weighted by Gasteiger charge is 2.12. The number of hydrogen-bond donors (Lipinski definition) is 3. The maximum absolute atomic E-state index is 4.10. The van der Waals surface area contributed by atoms with E-state index in [2.05, 4.69) is 39.0 Å². The van der Waals surface area contributed by atoms with Crippen LogP contribution in [0.25, 0.3) is 10.9 Å². The predicted molar refractivity (Wildman–Crippen MR) is 70.2 cm³/mol. The van der Waals surface area contributed by atoms with Gasteiger partial charge in [-0.1, -0.05) is 6.07 Å². The molecule has 1 atom stereocenters. The number of anilines is 1. The first kappa shape index (κ1) is 10.6. The summed E-state index contributed by atoms with van der Waals surface area (Å²) in [6.07, 6.45) is 5.57. The third-order valence-electron chi connectivity index (χ3n) is 3.42. The van der Waals surface area contributed by atoms with Gasteiger partial charge in [-0.15, -0.1) is 0 Å². The van der Waals surface area contributed by atoms with Crippen LogP contribution >= 0.6 is 0 Å². The van der Waals surface area contributed by atoms with Gasteiger partial charge in [-0.3, -0.25) is 5.10 Å². The van der Waals surface area contributed by atoms with Gasteiger partial charge in [0, 0.05) is 17.1 Å². The quantitative estimate of drug-likeness (QED) is 0.740. The number of nitrogens with zero attached hydrogens (tertiary/aromatic N) is 1. The Labute approximate surface area is 101 Å². The molecule has 1 aliphatic heterocycles. The Morgan fingerprint density at radius 2 is 2.24 bits per heavy atom. The largest absolute Gasteiger partial charge is 0.382 e. The summed E-state index contributed by atoms with van der Waals surface area (Å²) in [6, 6.07) is 6.83. The summed E-state index contributed by atoms with van der Waals surface area (Å²) < 4.78 is 0. The SMILES string of the molecule is c1cc(NC2CCCNCC2)c2cn[nH]c2c1. The molecule has 2 heterocycles. The summed E-state index contributed by atoms with van der Waals surface area (Å²) in [5.41, 5.74) is 2.30. The molecule has 1 fully saturated rings. The van der Waals surface area contributed by atoms with Crippen molar-refractivity contribution in [2.24, 2.45) is 0 Å². The van der Waals surface area contributed by atoms with Crippen molar-refractivity contribution in [1.82, 2.24) is 15.5 Å². The fraction of sp³-hybridized carbons (Fsp3) is 0.462. The number of H-pyrrole nitrogens is 1. The van der Waals surface area contributed by atoms with E-state index in [0.29, 0.717) is 6.04 Å². The molecule has 1 aliphatic rings. The second-order valence-corrected chi connectivity index (χ2v) is 4.66. The number of nitrogens with one attached hydrogen (secondary N) is 3. The Morgan fingerprint density at radius 3 is 3.24 bits per heavy atom. The fourth-order valence-electron chi connectivity index (χ4n) is 2.48. The Balaban J connectivity index is 1.81. The number of benzene rings is 1. The molecule has 3 rings (SSSR count). The van der Waals surface area contributed by atoms with E-state index >= 15 is 0 Å². The molecule has 1 aromatic carbocycles.